The molecule has 0 aliphatic rings. The molecule has 0 spiro atoms. The van der Waals surface area contributed by atoms with Crippen molar-refractivity contribution in [1.82, 2.24) is 44.9 Å². The van der Waals surface area contributed by atoms with E-state index in [1.807, 2.05) is 32.9 Å². The molecule has 0 unspecified atom stereocenters. The molecule has 9 aromatic rings. The van der Waals surface area contributed by atoms with Crippen LogP contribution in [0, 0.1) is 34.6 Å². The number of benzene rings is 6. The minimum absolute atomic E-state index is 0.304. The van der Waals surface area contributed by atoms with E-state index in [2.05, 4.69) is 221 Å². The Labute approximate surface area is 359 Å². The molecule has 0 amide bonds. The Kier molecular flexibility index (Phi) is 18.0. The summed E-state index contributed by atoms with van der Waals surface area (Å²) in [7, 11) is 0. The fourth-order valence-electron chi connectivity index (χ4n) is 5.81. The predicted molar refractivity (Wildman–Crippen MR) is 245 cm³/mol. The second-order valence-corrected chi connectivity index (χ2v) is 13.6. The summed E-state index contributed by atoms with van der Waals surface area (Å²) < 4.78 is 0. The van der Waals surface area contributed by atoms with Gasteiger partial charge in [0.15, 0.2) is 0 Å². The minimum atomic E-state index is 0.304. The third-order valence-corrected chi connectivity index (χ3v) is 8.86. The molecule has 10 nitrogen and oxygen atoms in total. The van der Waals surface area contributed by atoms with Gasteiger partial charge in [-0.15, -0.1) is 0 Å². The first-order valence-electron chi connectivity index (χ1n) is 19.8. The van der Waals surface area contributed by atoms with Crippen LogP contribution in [0.15, 0.2) is 208 Å². The molecule has 0 aliphatic heterocycles. The SMILES string of the molecule is Cc1ccc(C(c2ccccc2)c2ccccc2)cc1.Cc1ccc(N(c2ccccc2)c2ccccc2)cc1.Cc1ncncn1.Cc1ncncn1.Cc1ncncn1. The second kappa shape index (κ2) is 24.8. The first-order valence-corrected chi connectivity index (χ1v) is 19.8. The Morgan fingerprint density at radius 1 is 0.295 bits per heavy atom. The van der Waals surface area contributed by atoms with E-state index in [0.717, 1.165) is 17.5 Å². The van der Waals surface area contributed by atoms with Crippen LogP contribution < -0.4 is 4.90 Å². The van der Waals surface area contributed by atoms with Gasteiger partial charge >= 0.3 is 0 Å². The number of anilines is 3. The Bertz CT molecular complexity index is 2190. The summed E-state index contributed by atoms with van der Waals surface area (Å²) in [6.45, 7) is 9.70. The lowest BCUT2D eigenvalue weighted by Gasteiger charge is -2.25. The summed E-state index contributed by atoms with van der Waals surface area (Å²) in [6, 6.07) is 59.8. The summed E-state index contributed by atoms with van der Waals surface area (Å²) in [6.07, 6.45) is 8.85. The highest BCUT2D eigenvalue weighted by Gasteiger charge is 2.16. The van der Waals surface area contributed by atoms with E-state index < -0.39 is 0 Å². The standard InChI is InChI=1S/C20H18.C19H17N.3C4H5N3/c2*1-16-12-14-19(15-13-16)20(17-8-4-2-5-9-17)18-10-6-3-7-11-18;3*1-4-6-2-5-3-7-4/h2-15,20H,1H3;2-15H,1H3;3*2-3H,1H3. The van der Waals surface area contributed by atoms with Crippen LogP contribution in [0.2, 0.25) is 0 Å². The lowest BCUT2D eigenvalue weighted by atomic mass is 9.85. The van der Waals surface area contributed by atoms with Crippen molar-refractivity contribution in [2.45, 2.75) is 40.5 Å². The van der Waals surface area contributed by atoms with E-state index in [4.69, 9.17) is 0 Å². The molecule has 0 radical (unpaired) electrons. The maximum atomic E-state index is 3.76. The van der Waals surface area contributed by atoms with Crippen LogP contribution in [0.3, 0.4) is 0 Å². The lowest BCUT2D eigenvalue weighted by molar-refractivity contribution is 0.973. The van der Waals surface area contributed by atoms with Crippen LogP contribution in [0.5, 0.6) is 0 Å². The molecule has 0 atom stereocenters. The van der Waals surface area contributed by atoms with Crippen molar-refractivity contribution in [3.63, 3.8) is 0 Å². The molecule has 0 fully saturated rings. The van der Waals surface area contributed by atoms with Crippen molar-refractivity contribution in [3.8, 4) is 0 Å². The van der Waals surface area contributed by atoms with Crippen molar-refractivity contribution in [2.75, 3.05) is 4.90 Å². The van der Waals surface area contributed by atoms with E-state index in [-0.39, 0.29) is 0 Å². The molecule has 0 saturated heterocycles. The summed E-state index contributed by atoms with van der Waals surface area (Å²) in [5.74, 6) is 2.58. The van der Waals surface area contributed by atoms with Crippen LogP contribution in [0.25, 0.3) is 0 Å². The fraction of sp³-hybridized carbons (Fsp3) is 0.118. The van der Waals surface area contributed by atoms with Gasteiger partial charge in [0, 0.05) is 23.0 Å². The molecule has 6 aromatic carbocycles. The van der Waals surface area contributed by atoms with E-state index in [1.54, 1.807) is 0 Å². The molecule has 3 aromatic heterocycles. The van der Waals surface area contributed by atoms with E-state index >= 15 is 0 Å². The molecule has 0 N–H and O–H groups in total. The maximum Gasteiger partial charge on any atom is 0.128 e. The molecular formula is C51H50N10. The van der Waals surface area contributed by atoms with Crippen LogP contribution in [-0.2, 0) is 0 Å². The predicted octanol–water partition coefficient (Wildman–Crippen LogP) is 11.2. The number of para-hydroxylation sites is 2. The summed E-state index contributed by atoms with van der Waals surface area (Å²) >= 11 is 0. The number of hydrogen-bond acceptors (Lipinski definition) is 10. The highest BCUT2D eigenvalue weighted by molar-refractivity contribution is 5.76. The van der Waals surface area contributed by atoms with Crippen molar-refractivity contribution < 1.29 is 0 Å². The van der Waals surface area contributed by atoms with Crippen LogP contribution >= 0.6 is 0 Å². The van der Waals surface area contributed by atoms with E-state index in [9.17, 15) is 0 Å². The maximum absolute atomic E-state index is 3.76. The zero-order chi connectivity index (χ0) is 42.9. The molecule has 3 heterocycles. The molecule has 0 bridgehead atoms. The third kappa shape index (κ3) is 15.4. The molecule has 9 rings (SSSR count). The lowest BCUT2D eigenvalue weighted by Crippen LogP contribution is -2.09. The Morgan fingerprint density at radius 3 is 0.852 bits per heavy atom. The number of aromatic nitrogens is 9. The summed E-state index contributed by atoms with van der Waals surface area (Å²) in [5, 5.41) is 0. The van der Waals surface area contributed by atoms with Gasteiger partial charge in [-0.05, 0) is 87.7 Å². The Morgan fingerprint density at radius 2 is 0.557 bits per heavy atom. The fourth-order valence-corrected chi connectivity index (χ4v) is 5.81. The van der Waals surface area contributed by atoms with Gasteiger partial charge in [-0.3, -0.25) is 0 Å². The zero-order valence-electron chi connectivity index (χ0n) is 35.2. The first kappa shape index (κ1) is 44.3. The number of hydrogen-bond donors (Lipinski definition) is 0. The smallest absolute Gasteiger partial charge is 0.128 e. The summed E-state index contributed by atoms with van der Waals surface area (Å²) in [4.78, 5) is 35.7. The Balaban J connectivity index is 0.000000158. The molecular weight excluding hydrogens is 753 g/mol. The molecule has 304 valence electrons. The average molecular weight is 803 g/mol. The molecule has 0 aliphatic carbocycles. The van der Waals surface area contributed by atoms with Gasteiger partial charge in [-0.25, -0.2) is 44.9 Å². The van der Waals surface area contributed by atoms with Gasteiger partial charge in [0.25, 0.3) is 0 Å². The minimum Gasteiger partial charge on any atom is -0.311 e. The number of aryl methyl sites for hydroxylation is 5. The van der Waals surface area contributed by atoms with Crippen LogP contribution in [-0.4, -0.2) is 44.9 Å². The molecule has 61 heavy (non-hydrogen) atoms. The second-order valence-electron chi connectivity index (χ2n) is 13.6. The van der Waals surface area contributed by atoms with E-state index in [0.29, 0.717) is 5.92 Å². The zero-order valence-corrected chi connectivity index (χ0v) is 35.2. The van der Waals surface area contributed by atoms with Gasteiger partial charge in [-0.2, -0.15) is 0 Å². The average Bonchev–Trinajstić information content (AvgIpc) is 3.31. The van der Waals surface area contributed by atoms with Gasteiger partial charge in [0.2, 0.25) is 0 Å². The monoisotopic (exact) mass is 802 g/mol. The highest BCUT2D eigenvalue weighted by Crippen LogP contribution is 2.34. The largest absolute Gasteiger partial charge is 0.311 e. The van der Waals surface area contributed by atoms with Crippen molar-refractivity contribution in [2.24, 2.45) is 0 Å². The molecule has 0 saturated carbocycles. The highest BCUT2D eigenvalue weighted by atomic mass is 15.1. The van der Waals surface area contributed by atoms with Crippen molar-refractivity contribution >= 4 is 17.1 Å². The number of rotatable bonds is 6. The van der Waals surface area contributed by atoms with Crippen molar-refractivity contribution in [1.29, 1.82) is 0 Å². The Hall–Kier alpha value is -7.85. The topological polar surface area (TPSA) is 119 Å². The number of nitrogens with zero attached hydrogens (tertiary/aromatic N) is 10. The van der Waals surface area contributed by atoms with Crippen molar-refractivity contribution in [3.05, 3.63) is 253 Å². The normalized spacial score (nSPS) is 9.87. The summed E-state index contributed by atoms with van der Waals surface area (Å²) in [5.41, 5.74) is 10.1. The van der Waals surface area contributed by atoms with Gasteiger partial charge in [0.05, 0.1) is 0 Å². The third-order valence-electron chi connectivity index (χ3n) is 8.86. The van der Waals surface area contributed by atoms with Gasteiger partial charge < -0.3 is 4.90 Å². The van der Waals surface area contributed by atoms with Gasteiger partial charge in [0.1, 0.15) is 55.4 Å². The van der Waals surface area contributed by atoms with Crippen LogP contribution in [0.1, 0.15) is 51.2 Å². The van der Waals surface area contributed by atoms with Crippen LogP contribution in [0.4, 0.5) is 17.1 Å². The van der Waals surface area contributed by atoms with E-state index in [1.165, 1.54) is 82.8 Å². The quantitative estimate of drug-likeness (QED) is 0.150. The first-order chi connectivity index (χ1) is 29.9. The molecule has 10 heteroatoms. The van der Waals surface area contributed by atoms with Gasteiger partial charge in [-0.1, -0.05) is 145 Å².